The molecule has 0 aromatic heterocycles. The van der Waals surface area contributed by atoms with Gasteiger partial charge in [0.25, 0.3) is 0 Å². The van der Waals surface area contributed by atoms with Crippen molar-refractivity contribution in [2.75, 3.05) is 0 Å². The number of halogens is 1. The summed E-state index contributed by atoms with van der Waals surface area (Å²) >= 11 is 6.29. The first-order chi connectivity index (χ1) is 9.15. The number of hydrogen-bond donors (Lipinski definition) is 1. The fourth-order valence-corrected chi connectivity index (χ4v) is 4.64. The van der Waals surface area contributed by atoms with Gasteiger partial charge in [0.05, 0.1) is 0 Å². The maximum atomic E-state index is 6.29. The molecule has 0 unspecified atom stereocenters. The van der Waals surface area contributed by atoms with Gasteiger partial charge in [0, 0.05) is 17.1 Å². The van der Waals surface area contributed by atoms with Gasteiger partial charge >= 0.3 is 0 Å². The van der Waals surface area contributed by atoms with Crippen molar-refractivity contribution in [3.05, 3.63) is 34.9 Å². The second-order valence-corrected chi connectivity index (χ2v) is 6.94. The minimum absolute atomic E-state index is 0.336. The molecule has 2 bridgehead atoms. The third kappa shape index (κ3) is 2.68. The molecule has 0 heterocycles. The van der Waals surface area contributed by atoms with Crippen molar-refractivity contribution in [3.63, 3.8) is 0 Å². The zero-order valence-electron chi connectivity index (χ0n) is 11.9. The highest BCUT2D eigenvalue weighted by molar-refractivity contribution is 6.31. The lowest BCUT2D eigenvalue weighted by atomic mass is 9.83. The maximum Gasteiger partial charge on any atom is 0.0453 e. The summed E-state index contributed by atoms with van der Waals surface area (Å²) in [6, 6.07) is 9.12. The van der Waals surface area contributed by atoms with Crippen LogP contribution in [0.2, 0.25) is 5.02 Å². The van der Waals surface area contributed by atoms with E-state index in [1.165, 1.54) is 31.2 Å². The second-order valence-electron chi connectivity index (χ2n) is 6.54. The lowest BCUT2D eigenvalue weighted by molar-refractivity contribution is 0.248. The van der Waals surface area contributed by atoms with Gasteiger partial charge in [-0.2, -0.15) is 0 Å². The van der Waals surface area contributed by atoms with Crippen molar-refractivity contribution in [1.82, 2.24) is 5.32 Å². The van der Waals surface area contributed by atoms with Crippen molar-refractivity contribution >= 4 is 11.6 Å². The Labute approximate surface area is 121 Å². The van der Waals surface area contributed by atoms with Crippen LogP contribution >= 0.6 is 11.6 Å². The molecule has 19 heavy (non-hydrogen) atoms. The average Bonchev–Trinajstić information content (AvgIpc) is 3.01. The van der Waals surface area contributed by atoms with E-state index in [-0.39, 0.29) is 0 Å². The average molecular weight is 278 g/mol. The smallest absolute Gasteiger partial charge is 0.0453 e. The van der Waals surface area contributed by atoms with Gasteiger partial charge < -0.3 is 5.32 Å². The van der Waals surface area contributed by atoms with Gasteiger partial charge in [-0.05, 0) is 62.5 Å². The summed E-state index contributed by atoms with van der Waals surface area (Å²) in [6.45, 7) is 4.59. The van der Waals surface area contributed by atoms with E-state index in [1.54, 1.807) is 0 Å². The summed E-state index contributed by atoms with van der Waals surface area (Å²) in [5.74, 6) is 2.88. The first-order valence-electron chi connectivity index (χ1n) is 7.65. The summed E-state index contributed by atoms with van der Waals surface area (Å²) in [5, 5.41) is 4.66. The standard InChI is InChI=1S/C17H24ClN/c1-11(15-5-3-4-6-17(15)18)19-12(2)16-10-13-7-8-14(16)9-13/h3-6,11-14,16,19H,7-10H2,1-2H3/t11-,12-,13+,14+,16-/m0/s1. The third-order valence-corrected chi connectivity index (χ3v) is 5.66. The molecule has 1 aromatic carbocycles. The Kier molecular flexibility index (Phi) is 3.86. The molecule has 0 amide bonds. The quantitative estimate of drug-likeness (QED) is 0.832. The predicted octanol–water partition coefficient (Wildman–Crippen LogP) is 4.82. The van der Waals surface area contributed by atoms with Gasteiger partial charge in [-0.1, -0.05) is 36.2 Å². The van der Waals surface area contributed by atoms with Crippen molar-refractivity contribution in [2.45, 2.75) is 51.6 Å². The molecule has 2 heteroatoms. The van der Waals surface area contributed by atoms with E-state index in [1.807, 2.05) is 12.1 Å². The highest BCUT2D eigenvalue weighted by Gasteiger charge is 2.41. The number of rotatable bonds is 4. The molecule has 2 fully saturated rings. The van der Waals surface area contributed by atoms with Crippen molar-refractivity contribution in [2.24, 2.45) is 17.8 Å². The molecule has 0 radical (unpaired) electrons. The fraction of sp³-hybridized carbons (Fsp3) is 0.647. The third-order valence-electron chi connectivity index (χ3n) is 5.32. The van der Waals surface area contributed by atoms with Gasteiger partial charge in [-0.15, -0.1) is 0 Å². The highest BCUT2D eigenvalue weighted by Crippen LogP contribution is 2.49. The predicted molar refractivity (Wildman–Crippen MR) is 81.4 cm³/mol. The molecule has 0 saturated heterocycles. The normalized spacial score (nSPS) is 32.5. The molecular weight excluding hydrogens is 254 g/mol. The Morgan fingerprint density at radius 3 is 2.58 bits per heavy atom. The molecule has 104 valence electrons. The number of benzene rings is 1. The van der Waals surface area contributed by atoms with Gasteiger partial charge in [0.1, 0.15) is 0 Å². The molecule has 5 atom stereocenters. The van der Waals surface area contributed by atoms with E-state index in [4.69, 9.17) is 11.6 Å². The molecule has 1 nitrogen and oxygen atoms in total. The molecule has 3 rings (SSSR count). The van der Waals surface area contributed by atoms with Crippen molar-refractivity contribution in [1.29, 1.82) is 0 Å². The second kappa shape index (κ2) is 5.46. The van der Waals surface area contributed by atoms with Gasteiger partial charge in [-0.25, -0.2) is 0 Å². The molecule has 1 N–H and O–H groups in total. The van der Waals surface area contributed by atoms with Gasteiger partial charge in [0.2, 0.25) is 0 Å². The van der Waals surface area contributed by atoms with E-state index in [0.29, 0.717) is 12.1 Å². The molecule has 1 aromatic rings. The van der Waals surface area contributed by atoms with Crippen LogP contribution in [0.15, 0.2) is 24.3 Å². The van der Waals surface area contributed by atoms with Crippen LogP contribution in [-0.2, 0) is 0 Å². The molecule has 0 aliphatic heterocycles. The minimum Gasteiger partial charge on any atom is -0.307 e. The Morgan fingerprint density at radius 1 is 1.16 bits per heavy atom. The van der Waals surface area contributed by atoms with Crippen LogP contribution in [-0.4, -0.2) is 6.04 Å². The van der Waals surface area contributed by atoms with Crippen LogP contribution in [0.3, 0.4) is 0 Å². The molecule has 2 aliphatic rings. The lowest BCUT2D eigenvalue weighted by Crippen LogP contribution is -2.37. The summed E-state index contributed by atoms with van der Waals surface area (Å²) in [5.41, 5.74) is 1.22. The van der Waals surface area contributed by atoms with E-state index >= 15 is 0 Å². The Bertz CT molecular complexity index is 445. The van der Waals surface area contributed by atoms with E-state index in [2.05, 4.69) is 31.3 Å². The van der Waals surface area contributed by atoms with Crippen LogP contribution in [0.5, 0.6) is 0 Å². The van der Waals surface area contributed by atoms with Crippen LogP contribution in [0, 0.1) is 17.8 Å². The number of nitrogens with one attached hydrogen (secondary N) is 1. The van der Waals surface area contributed by atoms with Crippen molar-refractivity contribution in [3.8, 4) is 0 Å². The van der Waals surface area contributed by atoms with Crippen molar-refractivity contribution < 1.29 is 0 Å². The Hall–Kier alpha value is -0.530. The summed E-state index contributed by atoms with van der Waals surface area (Å²) in [7, 11) is 0. The van der Waals surface area contributed by atoms with E-state index in [9.17, 15) is 0 Å². The van der Waals surface area contributed by atoms with Crippen LogP contribution in [0.25, 0.3) is 0 Å². The lowest BCUT2D eigenvalue weighted by Gasteiger charge is -2.31. The fourth-order valence-electron chi connectivity index (χ4n) is 4.34. The zero-order valence-corrected chi connectivity index (χ0v) is 12.7. The SMILES string of the molecule is C[C@H](N[C@@H](C)[C@@H]1C[C@@H]2CC[C@@H]1C2)c1ccccc1Cl. The summed E-state index contributed by atoms with van der Waals surface area (Å²) < 4.78 is 0. The van der Waals surface area contributed by atoms with Gasteiger partial charge in [0.15, 0.2) is 0 Å². The Balaban J connectivity index is 1.63. The Morgan fingerprint density at radius 2 is 1.95 bits per heavy atom. The maximum absolute atomic E-state index is 6.29. The first-order valence-corrected chi connectivity index (χ1v) is 8.03. The van der Waals surface area contributed by atoms with E-state index < -0.39 is 0 Å². The van der Waals surface area contributed by atoms with Crippen LogP contribution in [0.4, 0.5) is 0 Å². The topological polar surface area (TPSA) is 12.0 Å². The largest absolute Gasteiger partial charge is 0.307 e. The van der Waals surface area contributed by atoms with Crippen LogP contribution < -0.4 is 5.32 Å². The molecule has 0 spiro atoms. The monoisotopic (exact) mass is 277 g/mol. The van der Waals surface area contributed by atoms with Gasteiger partial charge in [-0.3, -0.25) is 0 Å². The summed E-state index contributed by atoms with van der Waals surface area (Å²) in [6.07, 6.45) is 5.86. The molecule has 2 saturated carbocycles. The minimum atomic E-state index is 0.336. The summed E-state index contributed by atoms with van der Waals surface area (Å²) in [4.78, 5) is 0. The molecular formula is C17H24ClN. The number of fused-ring (bicyclic) bond motifs is 2. The number of hydrogen-bond acceptors (Lipinski definition) is 1. The molecule has 2 aliphatic carbocycles. The van der Waals surface area contributed by atoms with Crippen LogP contribution in [0.1, 0.15) is 51.1 Å². The van der Waals surface area contributed by atoms with E-state index in [0.717, 1.165) is 22.8 Å². The zero-order chi connectivity index (χ0) is 13.4. The first kappa shape index (κ1) is 13.5. The highest BCUT2D eigenvalue weighted by atomic mass is 35.5.